The lowest BCUT2D eigenvalue weighted by Gasteiger charge is -2.18. The molecule has 2 nitrogen and oxygen atoms in total. The lowest BCUT2D eigenvalue weighted by Crippen LogP contribution is -2.20. The quantitative estimate of drug-likeness (QED) is 0.539. The van der Waals surface area contributed by atoms with Gasteiger partial charge in [-0.2, -0.15) is 0 Å². The molecule has 0 aromatic heterocycles. The summed E-state index contributed by atoms with van der Waals surface area (Å²) >= 11 is 0. The van der Waals surface area contributed by atoms with Crippen molar-refractivity contribution >= 4 is 11.6 Å². The Hall–Kier alpha value is -1.44. The molecule has 0 aromatic carbocycles. The van der Waals surface area contributed by atoms with Crippen LogP contribution in [0.4, 0.5) is 0 Å². The molecule has 0 spiro atoms. The van der Waals surface area contributed by atoms with E-state index in [2.05, 4.69) is 6.58 Å². The second kappa shape index (κ2) is 4.60. The second-order valence-electron chi connectivity index (χ2n) is 4.69. The van der Waals surface area contributed by atoms with Crippen LogP contribution in [-0.4, -0.2) is 11.6 Å². The van der Waals surface area contributed by atoms with Crippen molar-refractivity contribution in [2.75, 3.05) is 0 Å². The number of carbonyl (C=O) groups is 2. The molecule has 0 bridgehead atoms. The summed E-state index contributed by atoms with van der Waals surface area (Å²) < 4.78 is 0. The van der Waals surface area contributed by atoms with Gasteiger partial charge in [0.2, 0.25) is 0 Å². The van der Waals surface area contributed by atoms with Gasteiger partial charge in [-0.1, -0.05) is 26.0 Å². The minimum atomic E-state index is -0.0381. The minimum absolute atomic E-state index is 0.00542. The Morgan fingerprint density at radius 2 is 1.94 bits per heavy atom. The number of carbonyl (C=O) groups excluding carboxylic acids is 2. The van der Waals surface area contributed by atoms with Crippen molar-refractivity contribution in [2.45, 2.75) is 34.1 Å². The van der Waals surface area contributed by atoms with Crippen LogP contribution in [-0.2, 0) is 9.59 Å². The number of allylic oxidation sites excluding steroid dienone is 5. The first-order valence-corrected chi connectivity index (χ1v) is 5.49. The highest BCUT2D eigenvalue weighted by Crippen LogP contribution is 2.26. The maximum atomic E-state index is 12.0. The third-order valence-corrected chi connectivity index (χ3v) is 2.74. The molecule has 0 fully saturated rings. The number of ketones is 2. The van der Waals surface area contributed by atoms with Crippen LogP contribution in [0.2, 0.25) is 0 Å². The van der Waals surface area contributed by atoms with Gasteiger partial charge < -0.3 is 0 Å². The van der Waals surface area contributed by atoms with E-state index in [0.29, 0.717) is 23.1 Å². The van der Waals surface area contributed by atoms with Crippen LogP contribution in [0.3, 0.4) is 0 Å². The SMILES string of the molecule is C=C(C)CC1=C(C)C(=O)C(C(C)C)=CC1=O. The molecular weight excluding hydrogens is 200 g/mol. The molecular formula is C14H18O2. The topological polar surface area (TPSA) is 34.1 Å². The maximum absolute atomic E-state index is 12.0. The van der Waals surface area contributed by atoms with Crippen LogP contribution in [0.5, 0.6) is 0 Å². The fourth-order valence-electron chi connectivity index (χ4n) is 1.78. The molecule has 0 aromatic rings. The largest absolute Gasteiger partial charge is 0.290 e. The van der Waals surface area contributed by atoms with E-state index >= 15 is 0 Å². The summed E-state index contributed by atoms with van der Waals surface area (Å²) in [6.07, 6.45) is 1.98. The van der Waals surface area contributed by atoms with Crippen LogP contribution in [0.15, 0.2) is 34.9 Å². The van der Waals surface area contributed by atoms with E-state index in [-0.39, 0.29) is 17.5 Å². The smallest absolute Gasteiger partial charge is 0.185 e. The van der Waals surface area contributed by atoms with E-state index in [1.165, 1.54) is 6.08 Å². The van der Waals surface area contributed by atoms with Gasteiger partial charge in [-0.05, 0) is 32.3 Å². The highest BCUT2D eigenvalue weighted by atomic mass is 16.1. The van der Waals surface area contributed by atoms with Crippen molar-refractivity contribution in [2.24, 2.45) is 5.92 Å². The molecule has 86 valence electrons. The second-order valence-corrected chi connectivity index (χ2v) is 4.69. The van der Waals surface area contributed by atoms with Crippen molar-refractivity contribution in [1.82, 2.24) is 0 Å². The van der Waals surface area contributed by atoms with Gasteiger partial charge >= 0.3 is 0 Å². The Labute approximate surface area is 96.7 Å². The summed E-state index contributed by atoms with van der Waals surface area (Å²) in [7, 11) is 0. The van der Waals surface area contributed by atoms with Gasteiger partial charge in [-0.25, -0.2) is 0 Å². The molecule has 1 aliphatic rings. The minimum Gasteiger partial charge on any atom is -0.290 e. The van der Waals surface area contributed by atoms with E-state index in [0.717, 1.165) is 5.57 Å². The van der Waals surface area contributed by atoms with Crippen LogP contribution in [0, 0.1) is 5.92 Å². The molecule has 0 amide bonds. The molecule has 0 saturated heterocycles. The predicted octanol–water partition coefficient (Wildman–Crippen LogP) is 3.00. The van der Waals surface area contributed by atoms with Crippen molar-refractivity contribution < 1.29 is 9.59 Å². The average Bonchev–Trinajstić information content (AvgIpc) is 2.17. The van der Waals surface area contributed by atoms with Gasteiger partial charge in [0.15, 0.2) is 11.6 Å². The van der Waals surface area contributed by atoms with Gasteiger partial charge in [-0.3, -0.25) is 9.59 Å². The predicted molar refractivity (Wildman–Crippen MR) is 65.1 cm³/mol. The lowest BCUT2D eigenvalue weighted by molar-refractivity contribution is -0.116. The zero-order chi connectivity index (χ0) is 12.5. The fourth-order valence-corrected chi connectivity index (χ4v) is 1.78. The van der Waals surface area contributed by atoms with Crippen molar-refractivity contribution in [1.29, 1.82) is 0 Å². The number of rotatable bonds is 3. The third kappa shape index (κ3) is 2.38. The summed E-state index contributed by atoms with van der Waals surface area (Å²) in [6, 6.07) is 0. The van der Waals surface area contributed by atoms with Crippen LogP contribution < -0.4 is 0 Å². The number of Topliss-reactive ketones (excluding diaryl/α,β-unsaturated/α-hetero) is 1. The van der Waals surface area contributed by atoms with Gasteiger partial charge in [0.25, 0.3) is 0 Å². The molecule has 1 aliphatic carbocycles. The molecule has 0 aliphatic heterocycles. The molecule has 0 unspecified atom stereocenters. The monoisotopic (exact) mass is 218 g/mol. The van der Waals surface area contributed by atoms with Crippen molar-refractivity contribution in [3.63, 3.8) is 0 Å². The molecule has 0 radical (unpaired) electrons. The Balaban J connectivity index is 3.12. The molecule has 2 heteroatoms. The molecule has 0 N–H and O–H groups in total. The zero-order valence-corrected chi connectivity index (χ0v) is 10.4. The van der Waals surface area contributed by atoms with Gasteiger partial charge in [0, 0.05) is 16.7 Å². The standard InChI is InChI=1S/C14H18O2/c1-8(2)6-12-10(5)14(16)11(9(3)4)7-13(12)15/h7,9H,1,6H2,2-5H3. The van der Waals surface area contributed by atoms with E-state index in [1.807, 2.05) is 20.8 Å². The van der Waals surface area contributed by atoms with Crippen LogP contribution >= 0.6 is 0 Å². The number of hydrogen-bond acceptors (Lipinski definition) is 2. The molecule has 0 saturated carbocycles. The summed E-state index contributed by atoms with van der Waals surface area (Å²) in [4.78, 5) is 23.9. The highest BCUT2D eigenvalue weighted by molar-refractivity contribution is 6.22. The van der Waals surface area contributed by atoms with Crippen LogP contribution in [0.25, 0.3) is 0 Å². The highest BCUT2D eigenvalue weighted by Gasteiger charge is 2.26. The van der Waals surface area contributed by atoms with Gasteiger partial charge in [0.05, 0.1) is 0 Å². The molecule has 1 rings (SSSR count). The Kier molecular flexibility index (Phi) is 3.63. The first-order chi connectivity index (χ1) is 7.34. The van der Waals surface area contributed by atoms with E-state index in [9.17, 15) is 9.59 Å². The van der Waals surface area contributed by atoms with Crippen molar-refractivity contribution in [3.05, 3.63) is 34.9 Å². The van der Waals surface area contributed by atoms with E-state index < -0.39 is 0 Å². The van der Waals surface area contributed by atoms with E-state index in [4.69, 9.17) is 0 Å². The van der Waals surface area contributed by atoms with Crippen LogP contribution in [0.1, 0.15) is 34.1 Å². The molecule has 0 heterocycles. The normalized spacial score (nSPS) is 16.9. The molecule has 0 atom stereocenters. The first kappa shape index (κ1) is 12.6. The average molecular weight is 218 g/mol. The summed E-state index contributed by atoms with van der Waals surface area (Å²) in [5.74, 6) is 0.0624. The zero-order valence-electron chi connectivity index (χ0n) is 10.4. The lowest BCUT2D eigenvalue weighted by atomic mass is 9.83. The van der Waals surface area contributed by atoms with Gasteiger partial charge in [-0.15, -0.1) is 0 Å². The molecule has 16 heavy (non-hydrogen) atoms. The number of hydrogen-bond donors (Lipinski definition) is 0. The summed E-state index contributed by atoms with van der Waals surface area (Å²) in [5, 5.41) is 0. The fraction of sp³-hybridized carbons (Fsp3) is 0.429. The van der Waals surface area contributed by atoms with Gasteiger partial charge in [0.1, 0.15) is 0 Å². The van der Waals surface area contributed by atoms with Crippen molar-refractivity contribution in [3.8, 4) is 0 Å². The maximum Gasteiger partial charge on any atom is 0.185 e. The summed E-state index contributed by atoms with van der Waals surface area (Å²) in [5.41, 5.74) is 2.70. The first-order valence-electron chi connectivity index (χ1n) is 5.49. The Morgan fingerprint density at radius 1 is 1.38 bits per heavy atom. The third-order valence-electron chi connectivity index (χ3n) is 2.74. The van der Waals surface area contributed by atoms with E-state index in [1.54, 1.807) is 6.92 Å². The Morgan fingerprint density at radius 3 is 2.38 bits per heavy atom. The Bertz CT molecular complexity index is 420. The summed E-state index contributed by atoms with van der Waals surface area (Å²) in [6.45, 7) is 11.2.